The molecule has 0 amide bonds. The summed E-state index contributed by atoms with van der Waals surface area (Å²) in [7, 11) is 0. The van der Waals surface area contributed by atoms with E-state index in [9.17, 15) is 0 Å². The Labute approximate surface area is 140 Å². The maximum Gasteiger partial charge on any atom is 0.0789 e. The smallest absolute Gasteiger partial charge is 0.0789 e. The van der Waals surface area contributed by atoms with Crippen LogP contribution in [-0.2, 0) is 10.8 Å². The molecule has 2 rings (SSSR count). The van der Waals surface area contributed by atoms with Gasteiger partial charge in [0.2, 0.25) is 0 Å². The number of nitrogen functional groups attached to an aromatic ring is 1. The Morgan fingerprint density at radius 2 is 1.04 bits per heavy atom. The van der Waals surface area contributed by atoms with Gasteiger partial charge in [-0.15, -0.1) is 0 Å². The van der Waals surface area contributed by atoms with Gasteiger partial charge >= 0.3 is 0 Å². The first-order chi connectivity index (χ1) is 10.4. The van der Waals surface area contributed by atoms with Gasteiger partial charge in [0.05, 0.1) is 11.4 Å². The van der Waals surface area contributed by atoms with Crippen LogP contribution >= 0.6 is 0 Å². The molecule has 1 aliphatic carbocycles. The number of benzene rings is 1. The van der Waals surface area contributed by atoms with Crippen LogP contribution < -0.4 is 5.73 Å². The van der Waals surface area contributed by atoms with Crippen molar-refractivity contribution < 1.29 is 0 Å². The summed E-state index contributed by atoms with van der Waals surface area (Å²) in [5, 5.41) is 14.1. The molecule has 0 saturated carbocycles. The topological polar surface area (TPSA) is 73.7 Å². The third kappa shape index (κ3) is 5.85. The van der Waals surface area contributed by atoms with Crippen LogP contribution in [0.15, 0.2) is 42.5 Å². The van der Waals surface area contributed by atoms with Gasteiger partial charge in [0.25, 0.3) is 0 Å². The van der Waals surface area contributed by atoms with Gasteiger partial charge in [-0.1, -0.05) is 59.8 Å². The van der Waals surface area contributed by atoms with E-state index in [1.54, 1.807) is 24.3 Å². The largest absolute Gasteiger partial charge is 0.399 e. The monoisotopic (exact) mass is 311 g/mol. The third-order valence-electron chi connectivity index (χ3n) is 3.61. The van der Waals surface area contributed by atoms with E-state index >= 15 is 0 Å². The zero-order valence-corrected chi connectivity index (χ0v) is 15.1. The Kier molecular flexibility index (Phi) is 5.70. The predicted octanol–water partition coefficient (Wildman–Crippen LogP) is 5.02. The minimum atomic E-state index is 0.162. The molecule has 4 N–H and O–H groups in total. The molecule has 0 spiro atoms. The molecule has 0 heterocycles. The summed E-state index contributed by atoms with van der Waals surface area (Å²) in [5.41, 5.74) is 10.3. The van der Waals surface area contributed by atoms with Gasteiger partial charge in [-0.05, 0) is 46.2 Å². The lowest BCUT2D eigenvalue weighted by Crippen LogP contribution is -2.16. The quantitative estimate of drug-likeness (QED) is 0.457. The van der Waals surface area contributed by atoms with Crippen molar-refractivity contribution in [1.82, 2.24) is 0 Å². The highest BCUT2D eigenvalue weighted by molar-refractivity contribution is 6.48. The molecule has 0 aliphatic heterocycles. The van der Waals surface area contributed by atoms with Crippen LogP contribution in [-0.4, -0.2) is 11.4 Å². The molecule has 0 unspecified atom stereocenters. The van der Waals surface area contributed by atoms with Gasteiger partial charge < -0.3 is 5.73 Å². The van der Waals surface area contributed by atoms with Crippen LogP contribution in [0.1, 0.15) is 52.7 Å². The number of rotatable bonds is 0. The summed E-state index contributed by atoms with van der Waals surface area (Å²) in [5.74, 6) is 0. The van der Waals surface area contributed by atoms with E-state index in [1.165, 1.54) is 11.1 Å². The average Bonchev–Trinajstić information content (AvgIpc) is 2.40. The molecule has 0 bridgehead atoms. The number of allylic oxidation sites excluding steroid dienone is 4. The van der Waals surface area contributed by atoms with Crippen molar-refractivity contribution in [3.63, 3.8) is 0 Å². The van der Waals surface area contributed by atoms with E-state index in [4.69, 9.17) is 16.6 Å². The van der Waals surface area contributed by atoms with E-state index in [-0.39, 0.29) is 22.3 Å². The van der Waals surface area contributed by atoms with Crippen molar-refractivity contribution in [3.05, 3.63) is 53.6 Å². The Morgan fingerprint density at radius 1 is 0.696 bits per heavy atom. The van der Waals surface area contributed by atoms with Gasteiger partial charge in [-0.2, -0.15) is 0 Å². The molecule has 0 atom stereocenters. The summed E-state index contributed by atoms with van der Waals surface area (Å²) in [6.07, 6.45) is 6.70. The van der Waals surface area contributed by atoms with Gasteiger partial charge in [-0.25, -0.2) is 0 Å². The average molecular weight is 311 g/mol. The fourth-order valence-electron chi connectivity index (χ4n) is 2.00. The number of hydrogen-bond acceptors (Lipinski definition) is 3. The highest BCUT2D eigenvalue weighted by atomic mass is 14.5. The Morgan fingerprint density at radius 3 is 1.30 bits per heavy atom. The molecule has 0 saturated heterocycles. The normalized spacial score (nSPS) is 14.5. The highest BCUT2D eigenvalue weighted by Crippen LogP contribution is 2.30. The number of hydrogen-bond donors (Lipinski definition) is 3. The van der Waals surface area contributed by atoms with Crippen molar-refractivity contribution in [3.8, 4) is 0 Å². The predicted molar refractivity (Wildman–Crippen MR) is 102 cm³/mol. The first kappa shape index (κ1) is 18.9. The maximum absolute atomic E-state index is 7.03. The molecule has 1 aromatic rings. The van der Waals surface area contributed by atoms with Gasteiger partial charge in [0, 0.05) is 5.69 Å². The molecule has 0 radical (unpaired) electrons. The molecule has 3 nitrogen and oxygen atoms in total. The van der Waals surface area contributed by atoms with Crippen LogP contribution in [0.25, 0.3) is 0 Å². The minimum absolute atomic E-state index is 0.162. The lowest BCUT2D eigenvalue weighted by molar-refractivity contribution is 0.569. The van der Waals surface area contributed by atoms with Crippen molar-refractivity contribution in [2.75, 3.05) is 5.73 Å². The highest BCUT2D eigenvalue weighted by Gasteiger charge is 2.19. The standard InChI is InChI=1S/C14H23N.C6H6N2/c1-13(2,3)10-7-11(14(4,5)6)9-12(15)8-10;7-5-3-1-2-4-6(5)8/h7-9H,15H2,1-6H3;1-4,7-8H. The molecule has 0 fully saturated rings. The second-order valence-electron chi connectivity index (χ2n) is 7.89. The summed E-state index contributed by atoms with van der Waals surface area (Å²) in [6, 6.07) is 6.43. The lowest BCUT2D eigenvalue weighted by Gasteiger charge is -2.25. The van der Waals surface area contributed by atoms with Gasteiger partial charge in [0.15, 0.2) is 0 Å². The zero-order valence-electron chi connectivity index (χ0n) is 15.1. The summed E-state index contributed by atoms with van der Waals surface area (Å²) < 4.78 is 0. The zero-order chi connectivity index (χ0) is 17.8. The summed E-state index contributed by atoms with van der Waals surface area (Å²) in [4.78, 5) is 0. The van der Waals surface area contributed by atoms with Crippen molar-refractivity contribution in [2.24, 2.45) is 0 Å². The molecular formula is C20H29N3. The lowest BCUT2D eigenvalue weighted by atomic mass is 9.80. The number of anilines is 1. The van der Waals surface area contributed by atoms with Crippen molar-refractivity contribution >= 4 is 17.1 Å². The SMILES string of the molecule is CC(C)(C)c1cc(N)cc(C(C)(C)C)c1.N=C1C=CC=CC1=N. The van der Waals surface area contributed by atoms with Crippen LogP contribution in [0.3, 0.4) is 0 Å². The van der Waals surface area contributed by atoms with E-state index in [1.807, 2.05) is 0 Å². The number of nitrogens with one attached hydrogen (secondary N) is 2. The van der Waals surface area contributed by atoms with Gasteiger partial charge in [0.1, 0.15) is 0 Å². The van der Waals surface area contributed by atoms with Crippen LogP contribution in [0.2, 0.25) is 0 Å². The molecule has 124 valence electrons. The first-order valence-electron chi connectivity index (χ1n) is 7.85. The van der Waals surface area contributed by atoms with Gasteiger partial charge in [-0.3, -0.25) is 10.8 Å². The van der Waals surface area contributed by atoms with E-state index in [0.29, 0.717) is 0 Å². The molecule has 3 heteroatoms. The Balaban J connectivity index is 0.000000277. The van der Waals surface area contributed by atoms with Crippen molar-refractivity contribution in [2.45, 2.75) is 52.4 Å². The van der Waals surface area contributed by atoms with Crippen molar-refractivity contribution in [1.29, 1.82) is 10.8 Å². The third-order valence-corrected chi connectivity index (χ3v) is 3.61. The number of nitrogens with two attached hydrogens (primary N) is 1. The summed E-state index contributed by atoms with van der Waals surface area (Å²) in [6.45, 7) is 13.3. The second-order valence-corrected chi connectivity index (χ2v) is 7.89. The second kappa shape index (κ2) is 6.95. The van der Waals surface area contributed by atoms with E-state index < -0.39 is 0 Å². The molecule has 1 aliphatic rings. The molecule has 1 aromatic carbocycles. The fourth-order valence-corrected chi connectivity index (χ4v) is 2.00. The first-order valence-corrected chi connectivity index (χ1v) is 7.85. The minimum Gasteiger partial charge on any atom is -0.399 e. The van der Waals surface area contributed by atoms with Crippen LogP contribution in [0.5, 0.6) is 0 Å². The maximum atomic E-state index is 7.03. The summed E-state index contributed by atoms with van der Waals surface area (Å²) >= 11 is 0. The van der Waals surface area contributed by atoms with E-state index in [0.717, 1.165) is 5.69 Å². The molecular weight excluding hydrogens is 282 g/mol. The van der Waals surface area contributed by atoms with Crippen LogP contribution in [0.4, 0.5) is 5.69 Å². The molecule has 0 aromatic heterocycles. The molecule has 23 heavy (non-hydrogen) atoms. The Bertz CT molecular complexity index is 596. The van der Waals surface area contributed by atoms with E-state index in [2.05, 4.69) is 59.7 Å². The Hall–Kier alpha value is -2.16. The van der Waals surface area contributed by atoms with Crippen LogP contribution in [0, 0.1) is 10.8 Å². The fraction of sp³-hybridized carbons (Fsp3) is 0.400.